The van der Waals surface area contributed by atoms with Crippen molar-refractivity contribution in [2.24, 2.45) is 0 Å². The normalized spacial score (nSPS) is 10.2. The van der Waals surface area contributed by atoms with E-state index in [2.05, 4.69) is 4.37 Å². The molecule has 0 atom stereocenters. The molecule has 0 radical (unpaired) electrons. The van der Waals surface area contributed by atoms with Gasteiger partial charge in [-0.05, 0) is 29.7 Å². The summed E-state index contributed by atoms with van der Waals surface area (Å²) in [4.78, 5) is 11.8. The second-order valence-corrected chi connectivity index (χ2v) is 4.10. The first-order valence-corrected chi connectivity index (χ1v) is 5.16. The van der Waals surface area contributed by atoms with Crippen LogP contribution in [-0.4, -0.2) is 15.4 Å². The molecule has 0 aliphatic carbocycles. The van der Waals surface area contributed by atoms with Gasteiger partial charge in [0.2, 0.25) is 0 Å². The Bertz CT molecular complexity index is 419. The highest BCUT2D eigenvalue weighted by Gasteiger charge is 2.08. The summed E-state index contributed by atoms with van der Waals surface area (Å²) in [5.41, 5.74) is 0.850. The largest absolute Gasteiger partial charge is 0.477 e. The highest BCUT2D eigenvalue weighted by Crippen LogP contribution is 2.27. The summed E-state index contributed by atoms with van der Waals surface area (Å²) >= 11 is 2.60. The maximum Gasteiger partial charge on any atom is 0.345 e. The molecule has 0 spiro atoms. The molecule has 0 amide bonds. The van der Waals surface area contributed by atoms with Crippen LogP contribution in [-0.2, 0) is 0 Å². The molecule has 0 fully saturated rings. The van der Waals surface area contributed by atoms with Crippen molar-refractivity contribution < 1.29 is 9.90 Å². The summed E-state index contributed by atoms with van der Waals surface area (Å²) in [6.07, 6.45) is 0. The number of thiophene rings is 1. The van der Waals surface area contributed by atoms with Crippen LogP contribution in [0.4, 0.5) is 0 Å². The van der Waals surface area contributed by atoms with Gasteiger partial charge in [0.15, 0.2) is 0 Å². The van der Waals surface area contributed by atoms with E-state index in [1.165, 1.54) is 22.9 Å². The molecule has 0 unspecified atom stereocenters. The zero-order valence-electron chi connectivity index (χ0n) is 6.43. The lowest BCUT2D eigenvalue weighted by Crippen LogP contribution is -1.89. The third-order valence-corrected chi connectivity index (χ3v) is 3.16. The molecule has 2 heterocycles. The number of aromatic carboxylic acids is 1. The number of hydrogen-bond acceptors (Lipinski definition) is 4. The van der Waals surface area contributed by atoms with Gasteiger partial charge < -0.3 is 5.11 Å². The second kappa shape index (κ2) is 3.27. The predicted octanol–water partition coefficient (Wildman–Crippen LogP) is 2.57. The molecule has 5 heteroatoms. The monoisotopic (exact) mass is 211 g/mol. The van der Waals surface area contributed by atoms with Crippen molar-refractivity contribution in [1.82, 2.24) is 4.37 Å². The molecule has 0 saturated carbocycles. The van der Waals surface area contributed by atoms with E-state index in [1.54, 1.807) is 12.1 Å². The average Bonchev–Trinajstić information content (AvgIpc) is 2.75. The molecule has 0 bridgehead atoms. The third-order valence-electron chi connectivity index (χ3n) is 1.51. The van der Waals surface area contributed by atoms with Crippen LogP contribution in [0.3, 0.4) is 0 Å². The van der Waals surface area contributed by atoms with E-state index in [4.69, 9.17) is 5.11 Å². The quantitative estimate of drug-likeness (QED) is 0.830. The number of aromatic nitrogens is 1. The zero-order valence-corrected chi connectivity index (χ0v) is 8.06. The fourth-order valence-electron chi connectivity index (χ4n) is 0.930. The Labute approximate surface area is 82.5 Å². The van der Waals surface area contributed by atoms with Crippen LogP contribution < -0.4 is 0 Å². The van der Waals surface area contributed by atoms with Gasteiger partial charge in [0.25, 0.3) is 0 Å². The van der Waals surface area contributed by atoms with E-state index in [1.807, 2.05) is 11.4 Å². The van der Waals surface area contributed by atoms with Gasteiger partial charge in [0.1, 0.15) is 4.88 Å². The summed E-state index contributed by atoms with van der Waals surface area (Å²) in [6, 6.07) is 5.26. The number of carbonyl (C=O) groups is 1. The summed E-state index contributed by atoms with van der Waals surface area (Å²) in [5.74, 6) is -0.883. The van der Waals surface area contributed by atoms with Crippen LogP contribution in [0.5, 0.6) is 0 Å². The minimum Gasteiger partial charge on any atom is -0.477 e. The first kappa shape index (κ1) is 8.40. The van der Waals surface area contributed by atoms with Crippen LogP contribution in [0.2, 0.25) is 0 Å². The molecular formula is C8H5NO2S2. The molecule has 66 valence electrons. The molecular weight excluding hydrogens is 206 g/mol. The third kappa shape index (κ3) is 1.61. The number of nitrogens with zero attached hydrogens (tertiary/aromatic N) is 1. The zero-order chi connectivity index (χ0) is 9.26. The van der Waals surface area contributed by atoms with Gasteiger partial charge in [0.05, 0.1) is 10.6 Å². The Kier molecular flexibility index (Phi) is 2.12. The summed E-state index contributed by atoms with van der Waals surface area (Å²) in [7, 11) is 0. The number of hydrogen-bond donors (Lipinski definition) is 1. The van der Waals surface area contributed by atoms with Crippen molar-refractivity contribution in [1.29, 1.82) is 0 Å². The second-order valence-electron chi connectivity index (χ2n) is 2.35. The van der Waals surface area contributed by atoms with Crippen molar-refractivity contribution >= 4 is 28.8 Å². The van der Waals surface area contributed by atoms with Crippen LogP contribution in [0, 0.1) is 0 Å². The van der Waals surface area contributed by atoms with E-state index < -0.39 is 5.97 Å². The van der Waals surface area contributed by atoms with E-state index in [9.17, 15) is 4.79 Å². The molecule has 1 N–H and O–H groups in total. The Balaban J connectivity index is 2.39. The molecule has 0 saturated heterocycles. The van der Waals surface area contributed by atoms with Gasteiger partial charge in [-0.1, -0.05) is 0 Å². The van der Waals surface area contributed by atoms with Crippen LogP contribution in [0.15, 0.2) is 23.6 Å². The SMILES string of the molecule is O=C(O)c1ccc(-c2ccsn2)s1. The molecule has 3 nitrogen and oxygen atoms in total. The Morgan fingerprint density at radius 2 is 2.23 bits per heavy atom. The van der Waals surface area contributed by atoms with Crippen molar-refractivity contribution in [3.8, 4) is 10.6 Å². The molecule has 2 aromatic rings. The van der Waals surface area contributed by atoms with Crippen LogP contribution in [0.25, 0.3) is 10.6 Å². The molecule has 0 aliphatic heterocycles. The summed E-state index contributed by atoms with van der Waals surface area (Å²) in [5, 5.41) is 10.6. The molecule has 0 aliphatic rings. The van der Waals surface area contributed by atoms with Gasteiger partial charge in [-0.3, -0.25) is 0 Å². The minimum atomic E-state index is -0.883. The Morgan fingerprint density at radius 1 is 1.38 bits per heavy atom. The van der Waals surface area contributed by atoms with Gasteiger partial charge in [-0.25, -0.2) is 4.79 Å². The fourth-order valence-corrected chi connectivity index (χ4v) is 2.33. The maximum atomic E-state index is 10.6. The minimum absolute atomic E-state index is 0.350. The van der Waals surface area contributed by atoms with E-state index >= 15 is 0 Å². The van der Waals surface area contributed by atoms with Gasteiger partial charge in [0, 0.05) is 5.38 Å². The van der Waals surface area contributed by atoms with Gasteiger partial charge >= 0.3 is 5.97 Å². The number of carboxylic acid groups (broad SMARTS) is 1. The predicted molar refractivity (Wildman–Crippen MR) is 52.4 cm³/mol. The molecule has 2 rings (SSSR count). The lowest BCUT2D eigenvalue weighted by molar-refractivity contribution is 0.0702. The first-order valence-electron chi connectivity index (χ1n) is 3.51. The molecule has 2 aromatic heterocycles. The topological polar surface area (TPSA) is 50.2 Å². The summed E-state index contributed by atoms with van der Waals surface area (Å²) in [6.45, 7) is 0. The first-order chi connectivity index (χ1) is 6.27. The molecule has 0 aromatic carbocycles. The highest BCUT2D eigenvalue weighted by atomic mass is 32.1. The Hall–Kier alpha value is -1.20. The summed E-state index contributed by atoms with van der Waals surface area (Å²) < 4.78 is 4.12. The smallest absolute Gasteiger partial charge is 0.345 e. The average molecular weight is 211 g/mol. The highest BCUT2D eigenvalue weighted by molar-refractivity contribution is 7.17. The lowest BCUT2D eigenvalue weighted by Gasteiger charge is -1.86. The van der Waals surface area contributed by atoms with Gasteiger partial charge in [-0.2, -0.15) is 4.37 Å². The lowest BCUT2D eigenvalue weighted by atomic mass is 10.3. The number of carboxylic acids is 1. The van der Waals surface area contributed by atoms with Gasteiger partial charge in [-0.15, -0.1) is 11.3 Å². The fraction of sp³-hybridized carbons (Fsp3) is 0. The van der Waals surface area contributed by atoms with Crippen LogP contribution in [0.1, 0.15) is 9.67 Å². The van der Waals surface area contributed by atoms with Crippen molar-refractivity contribution in [2.45, 2.75) is 0 Å². The molecule has 13 heavy (non-hydrogen) atoms. The van der Waals surface area contributed by atoms with Crippen molar-refractivity contribution in [3.05, 3.63) is 28.5 Å². The van der Waals surface area contributed by atoms with E-state index in [-0.39, 0.29) is 0 Å². The van der Waals surface area contributed by atoms with Crippen LogP contribution >= 0.6 is 22.9 Å². The Morgan fingerprint density at radius 3 is 2.77 bits per heavy atom. The number of rotatable bonds is 2. The van der Waals surface area contributed by atoms with Crippen molar-refractivity contribution in [3.63, 3.8) is 0 Å². The van der Waals surface area contributed by atoms with Crippen molar-refractivity contribution in [2.75, 3.05) is 0 Å². The van der Waals surface area contributed by atoms with E-state index in [0.717, 1.165) is 10.6 Å². The standard InChI is InChI=1S/C8H5NO2S2/c10-8(11)7-2-1-6(13-7)5-3-4-12-9-5/h1-4H,(H,10,11). The maximum absolute atomic E-state index is 10.6. The van der Waals surface area contributed by atoms with E-state index in [0.29, 0.717) is 4.88 Å².